The van der Waals surface area contributed by atoms with E-state index in [-0.39, 0.29) is 6.54 Å². The summed E-state index contributed by atoms with van der Waals surface area (Å²) in [5.74, 6) is 0.591. The van der Waals surface area contributed by atoms with E-state index in [1.807, 2.05) is 97.1 Å². The number of allylic oxidation sites excluding steroid dienone is 1. The van der Waals surface area contributed by atoms with E-state index >= 15 is 0 Å². The van der Waals surface area contributed by atoms with Crippen LogP contribution >= 0.6 is 11.6 Å². The molecule has 0 amide bonds. The minimum absolute atomic E-state index is 0.115. The molecule has 6 nitrogen and oxygen atoms in total. The molecule has 0 heterocycles. The average Bonchev–Trinajstić information content (AvgIpc) is 2.96. The molecule has 3 aromatic rings. The molecule has 0 saturated heterocycles. The number of ether oxygens (including phenoxy) is 3. The zero-order chi connectivity index (χ0) is 26.0. The molecule has 3 aromatic carbocycles. The van der Waals surface area contributed by atoms with E-state index in [2.05, 4.69) is 16.1 Å². The van der Waals surface area contributed by atoms with Crippen LogP contribution in [0.2, 0.25) is 0 Å². The van der Waals surface area contributed by atoms with Crippen LogP contribution in [0.4, 0.5) is 0 Å². The minimum Gasteiger partial charge on any atom is -0.371 e. The standard InChI is InChI=1S/C30H34ClN3O3/c31-20-12-4-11-19-28(35-22-25-13-5-1-6-14-25)30(37-24-27-17-9-3-10-18-27)29(21-33-34-32)36-23-26-15-7-2-8-16-26/h1-3,5-11,13-19,28-30H,4,12,20-24H2/b19-11-/t28-,29-,30+/m1/s1. The predicted molar refractivity (Wildman–Crippen MR) is 148 cm³/mol. The lowest BCUT2D eigenvalue weighted by atomic mass is 10.1. The summed E-state index contributed by atoms with van der Waals surface area (Å²) in [7, 11) is 0. The molecule has 0 aliphatic carbocycles. The first-order valence-corrected chi connectivity index (χ1v) is 13.0. The van der Waals surface area contributed by atoms with Gasteiger partial charge in [0.2, 0.25) is 0 Å². The molecule has 0 fully saturated rings. The quantitative estimate of drug-likeness (QED) is 0.0459. The third-order valence-corrected chi connectivity index (χ3v) is 5.99. The number of hydrogen-bond acceptors (Lipinski definition) is 4. The van der Waals surface area contributed by atoms with Gasteiger partial charge in [0.15, 0.2) is 0 Å². The van der Waals surface area contributed by atoms with Crippen LogP contribution in [0.1, 0.15) is 29.5 Å². The Morgan fingerprint density at radius 2 is 1.27 bits per heavy atom. The van der Waals surface area contributed by atoms with Crippen molar-refractivity contribution in [2.75, 3.05) is 12.4 Å². The van der Waals surface area contributed by atoms with Crippen molar-refractivity contribution in [3.8, 4) is 0 Å². The maximum absolute atomic E-state index is 9.09. The summed E-state index contributed by atoms with van der Waals surface area (Å²) in [6.45, 7) is 1.25. The van der Waals surface area contributed by atoms with E-state index in [4.69, 9.17) is 31.3 Å². The van der Waals surface area contributed by atoms with Crippen LogP contribution in [-0.4, -0.2) is 30.7 Å². The lowest BCUT2D eigenvalue weighted by Gasteiger charge is -2.32. The van der Waals surface area contributed by atoms with Gasteiger partial charge in [-0.05, 0) is 35.1 Å². The molecular weight excluding hydrogens is 486 g/mol. The summed E-state index contributed by atoms with van der Waals surface area (Å²) in [5, 5.41) is 3.85. The average molecular weight is 520 g/mol. The highest BCUT2D eigenvalue weighted by Gasteiger charge is 2.31. The third kappa shape index (κ3) is 10.8. The van der Waals surface area contributed by atoms with E-state index in [1.165, 1.54) is 0 Å². The number of alkyl halides is 1. The van der Waals surface area contributed by atoms with Gasteiger partial charge in [0.25, 0.3) is 0 Å². The van der Waals surface area contributed by atoms with Crippen molar-refractivity contribution in [3.63, 3.8) is 0 Å². The molecule has 0 N–H and O–H groups in total. The smallest absolute Gasteiger partial charge is 0.114 e. The Balaban J connectivity index is 1.86. The highest BCUT2D eigenvalue weighted by molar-refractivity contribution is 6.17. The van der Waals surface area contributed by atoms with Gasteiger partial charge >= 0.3 is 0 Å². The van der Waals surface area contributed by atoms with Crippen LogP contribution in [0, 0.1) is 0 Å². The molecule has 0 aromatic heterocycles. The van der Waals surface area contributed by atoms with Crippen molar-refractivity contribution in [1.82, 2.24) is 0 Å². The molecular formula is C30H34ClN3O3. The molecule has 0 spiro atoms. The van der Waals surface area contributed by atoms with Gasteiger partial charge in [-0.3, -0.25) is 0 Å². The molecule has 0 aliphatic rings. The maximum atomic E-state index is 9.09. The van der Waals surface area contributed by atoms with Gasteiger partial charge in [-0.15, -0.1) is 11.6 Å². The Hall–Kier alpha value is -3.12. The maximum Gasteiger partial charge on any atom is 0.114 e. The van der Waals surface area contributed by atoms with Crippen LogP contribution in [0.3, 0.4) is 0 Å². The molecule has 7 heteroatoms. The van der Waals surface area contributed by atoms with Gasteiger partial charge in [0.1, 0.15) is 12.2 Å². The van der Waals surface area contributed by atoms with Gasteiger partial charge in [-0.25, -0.2) is 0 Å². The number of unbranched alkanes of at least 4 members (excludes halogenated alkanes) is 1. The lowest BCUT2D eigenvalue weighted by molar-refractivity contribution is -0.135. The molecule has 37 heavy (non-hydrogen) atoms. The fourth-order valence-electron chi connectivity index (χ4n) is 3.78. The van der Waals surface area contributed by atoms with Gasteiger partial charge in [0.05, 0.1) is 32.5 Å². The second-order valence-electron chi connectivity index (χ2n) is 8.53. The first-order chi connectivity index (χ1) is 18.3. The largest absolute Gasteiger partial charge is 0.371 e. The van der Waals surface area contributed by atoms with E-state index in [0.29, 0.717) is 25.7 Å². The molecule has 3 atom stereocenters. The SMILES string of the molecule is [N-]=[N+]=NC[C@@H](OCc1ccccc1)[C@@H](OCc1ccccc1)[C@@H](/C=C\CCCCl)OCc1ccccc1. The molecule has 0 unspecified atom stereocenters. The van der Waals surface area contributed by atoms with Crippen molar-refractivity contribution in [3.05, 3.63) is 130 Å². The molecule has 0 saturated carbocycles. The Labute approximate surface area is 224 Å². The van der Waals surface area contributed by atoms with E-state index in [9.17, 15) is 0 Å². The van der Waals surface area contributed by atoms with Crippen LogP contribution in [0.25, 0.3) is 10.4 Å². The van der Waals surface area contributed by atoms with Crippen molar-refractivity contribution in [1.29, 1.82) is 0 Å². The summed E-state index contributed by atoms with van der Waals surface area (Å²) < 4.78 is 19.2. The topological polar surface area (TPSA) is 76.5 Å². The summed E-state index contributed by atoms with van der Waals surface area (Å²) >= 11 is 5.89. The number of nitrogens with zero attached hydrogens (tertiary/aromatic N) is 3. The Morgan fingerprint density at radius 1 is 0.757 bits per heavy atom. The molecule has 0 radical (unpaired) electrons. The predicted octanol–water partition coefficient (Wildman–Crippen LogP) is 7.63. The van der Waals surface area contributed by atoms with Crippen molar-refractivity contribution >= 4 is 11.6 Å². The second-order valence-corrected chi connectivity index (χ2v) is 8.91. The summed E-state index contributed by atoms with van der Waals surface area (Å²) in [5.41, 5.74) is 12.2. The zero-order valence-corrected chi connectivity index (χ0v) is 21.7. The van der Waals surface area contributed by atoms with Crippen LogP contribution < -0.4 is 0 Å². The number of hydrogen-bond donors (Lipinski definition) is 0. The first kappa shape index (κ1) is 28.5. The van der Waals surface area contributed by atoms with Crippen molar-refractivity contribution < 1.29 is 14.2 Å². The van der Waals surface area contributed by atoms with Crippen LogP contribution in [0.15, 0.2) is 108 Å². The molecule has 3 rings (SSSR count). The van der Waals surface area contributed by atoms with Crippen molar-refractivity contribution in [2.45, 2.75) is 51.0 Å². The van der Waals surface area contributed by atoms with Gasteiger partial charge in [-0.1, -0.05) is 108 Å². The Kier molecular flexibility index (Phi) is 13.3. The number of halogens is 1. The molecule has 0 bridgehead atoms. The highest BCUT2D eigenvalue weighted by atomic mass is 35.5. The molecule has 0 aliphatic heterocycles. The summed E-state index contributed by atoms with van der Waals surface area (Å²) in [4.78, 5) is 2.99. The zero-order valence-electron chi connectivity index (χ0n) is 20.9. The Bertz CT molecular complexity index is 1080. The van der Waals surface area contributed by atoms with Gasteiger partial charge in [0, 0.05) is 10.8 Å². The fraction of sp³-hybridized carbons (Fsp3) is 0.333. The minimum atomic E-state index is -0.529. The van der Waals surface area contributed by atoms with Crippen molar-refractivity contribution in [2.24, 2.45) is 5.11 Å². The van der Waals surface area contributed by atoms with Gasteiger partial charge in [-0.2, -0.15) is 0 Å². The Morgan fingerprint density at radius 3 is 1.78 bits per heavy atom. The van der Waals surface area contributed by atoms with Crippen LogP contribution in [0.5, 0.6) is 0 Å². The monoisotopic (exact) mass is 519 g/mol. The van der Waals surface area contributed by atoms with Crippen LogP contribution in [-0.2, 0) is 34.0 Å². The first-order valence-electron chi connectivity index (χ1n) is 12.5. The third-order valence-electron chi connectivity index (χ3n) is 5.72. The number of azide groups is 1. The highest BCUT2D eigenvalue weighted by Crippen LogP contribution is 2.20. The van der Waals surface area contributed by atoms with Gasteiger partial charge < -0.3 is 14.2 Å². The summed E-state index contributed by atoms with van der Waals surface area (Å²) in [6, 6.07) is 29.9. The second kappa shape index (κ2) is 17.4. The summed E-state index contributed by atoms with van der Waals surface area (Å²) in [6.07, 6.45) is 4.29. The van der Waals surface area contributed by atoms with E-state index < -0.39 is 18.3 Å². The number of benzene rings is 3. The molecule has 194 valence electrons. The number of rotatable bonds is 17. The van der Waals surface area contributed by atoms with E-state index in [0.717, 1.165) is 29.5 Å². The van der Waals surface area contributed by atoms with E-state index in [1.54, 1.807) is 0 Å². The normalized spacial score (nSPS) is 13.6. The lowest BCUT2D eigenvalue weighted by Crippen LogP contribution is -2.43. The fourth-order valence-corrected chi connectivity index (χ4v) is 3.93.